The minimum atomic E-state index is -0.126. The normalized spacial score (nSPS) is 10.2. The average Bonchev–Trinajstić information content (AvgIpc) is 2.06. The summed E-state index contributed by atoms with van der Waals surface area (Å²) in [5, 5.41) is 0.701. The third kappa shape index (κ3) is 1.03. The van der Waals surface area contributed by atoms with E-state index in [0.717, 1.165) is 4.70 Å². The molecule has 1 heterocycles. The largest absolute Gasteiger partial charge is 0.287 e. The molecule has 1 radical (unpaired) electrons. The number of rotatable bonds is 0. The quantitative estimate of drug-likeness (QED) is 0.587. The van der Waals surface area contributed by atoms with Crippen molar-refractivity contribution in [3.8, 4) is 0 Å². The molecule has 0 amide bonds. The highest BCUT2D eigenvalue weighted by Gasteiger charge is 1.95. The number of benzene rings is 1. The van der Waals surface area contributed by atoms with Crippen LogP contribution in [-0.4, -0.2) is 4.37 Å². The molecule has 1 aromatic heterocycles. The minimum Gasteiger partial charge on any atom is -0.287 e. The first kappa shape index (κ1) is 6.49. The van der Waals surface area contributed by atoms with Gasteiger partial charge in [0, 0.05) is 5.39 Å². The minimum absolute atomic E-state index is 0.126. The SMILES string of the molecule is O=c1[c]nsc2ccccc12. The van der Waals surface area contributed by atoms with Gasteiger partial charge < -0.3 is 0 Å². The van der Waals surface area contributed by atoms with Gasteiger partial charge in [-0.1, -0.05) is 12.1 Å². The molecule has 3 heteroatoms. The van der Waals surface area contributed by atoms with Crippen molar-refractivity contribution in [1.82, 2.24) is 4.37 Å². The molecule has 0 N–H and O–H groups in total. The molecule has 0 saturated carbocycles. The topological polar surface area (TPSA) is 30.0 Å². The summed E-state index contributed by atoms with van der Waals surface area (Å²) < 4.78 is 4.63. The molecule has 0 atom stereocenters. The maximum absolute atomic E-state index is 11.1. The van der Waals surface area contributed by atoms with Crippen molar-refractivity contribution < 1.29 is 0 Å². The molecule has 11 heavy (non-hydrogen) atoms. The molecule has 2 aromatic rings. The summed E-state index contributed by atoms with van der Waals surface area (Å²) in [5.41, 5.74) is -0.126. The Morgan fingerprint density at radius 1 is 1.36 bits per heavy atom. The number of nitrogens with zero attached hydrogens (tertiary/aromatic N) is 1. The molecule has 0 spiro atoms. The van der Waals surface area contributed by atoms with Gasteiger partial charge in [-0.15, -0.1) is 0 Å². The van der Waals surface area contributed by atoms with E-state index in [2.05, 4.69) is 10.6 Å². The van der Waals surface area contributed by atoms with Gasteiger partial charge in [0.2, 0.25) is 5.43 Å². The van der Waals surface area contributed by atoms with E-state index >= 15 is 0 Å². The lowest BCUT2D eigenvalue weighted by atomic mass is 10.2. The molecular formula is C8H4NOS. The molecule has 0 aliphatic heterocycles. The van der Waals surface area contributed by atoms with Crippen LogP contribution < -0.4 is 5.43 Å². The van der Waals surface area contributed by atoms with Crippen molar-refractivity contribution in [2.45, 2.75) is 0 Å². The van der Waals surface area contributed by atoms with E-state index in [4.69, 9.17) is 0 Å². The van der Waals surface area contributed by atoms with E-state index in [1.54, 1.807) is 6.07 Å². The Bertz CT molecular complexity index is 430. The van der Waals surface area contributed by atoms with Crippen LogP contribution in [0.2, 0.25) is 0 Å². The van der Waals surface area contributed by atoms with Crippen LogP contribution in [0.5, 0.6) is 0 Å². The summed E-state index contributed by atoms with van der Waals surface area (Å²) in [7, 11) is 0. The molecule has 2 nitrogen and oxygen atoms in total. The fourth-order valence-corrected chi connectivity index (χ4v) is 1.53. The van der Waals surface area contributed by atoms with Crippen LogP contribution in [-0.2, 0) is 0 Å². The summed E-state index contributed by atoms with van der Waals surface area (Å²) in [5.74, 6) is 0. The van der Waals surface area contributed by atoms with Crippen molar-refractivity contribution in [2.75, 3.05) is 0 Å². The van der Waals surface area contributed by atoms with Crippen LogP contribution in [0.3, 0.4) is 0 Å². The smallest absolute Gasteiger partial charge is 0.216 e. The van der Waals surface area contributed by atoms with Crippen LogP contribution in [0, 0.1) is 6.20 Å². The Kier molecular flexibility index (Phi) is 1.43. The van der Waals surface area contributed by atoms with Gasteiger partial charge in [0.1, 0.15) is 0 Å². The van der Waals surface area contributed by atoms with Gasteiger partial charge in [-0.2, -0.15) is 4.37 Å². The summed E-state index contributed by atoms with van der Waals surface area (Å²) in [6.45, 7) is 0. The zero-order chi connectivity index (χ0) is 7.68. The first-order valence-corrected chi connectivity index (χ1v) is 3.92. The lowest BCUT2D eigenvalue weighted by molar-refractivity contribution is 1.46. The summed E-state index contributed by atoms with van der Waals surface area (Å²) in [4.78, 5) is 11.1. The second-order valence-corrected chi connectivity index (χ2v) is 2.92. The Morgan fingerprint density at radius 2 is 2.18 bits per heavy atom. The van der Waals surface area contributed by atoms with E-state index in [0.29, 0.717) is 5.39 Å². The molecule has 0 bridgehead atoms. The first-order chi connectivity index (χ1) is 5.38. The maximum atomic E-state index is 11.1. The highest BCUT2D eigenvalue weighted by Crippen LogP contribution is 2.10. The fourth-order valence-electron chi connectivity index (χ4n) is 0.908. The van der Waals surface area contributed by atoms with Gasteiger partial charge in [-0.3, -0.25) is 4.79 Å². The number of fused-ring (bicyclic) bond motifs is 1. The third-order valence-electron chi connectivity index (χ3n) is 1.42. The molecular weight excluding hydrogens is 158 g/mol. The Balaban J connectivity index is 3.03. The van der Waals surface area contributed by atoms with Crippen LogP contribution in [0.25, 0.3) is 10.1 Å². The summed E-state index contributed by atoms with van der Waals surface area (Å²) in [6, 6.07) is 7.39. The number of aromatic nitrogens is 1. The Morgan fingerprint density at radius 3 is 3.00 bits per heavy atom. The Labute approximate surface area is 67.3 Å². The van der Waals surface area contributed by atoms with Crippen LogP contribution in [0.15, 0.2) is 29.1 Å². The number of hydrogen-bond donors (Lipinski definition) is 0. The molecule has 1 aromatic carbocycles. The van der Waals surface area contributed by atoms with Crippen LogP contribution in [0.1, 0.15) is 0 Å². The fraction of sp³-hybridized carbons (Fsp3) is 0. The highest BCUT2D eigenvalue weighted by molar-refractivity contribution is 7.12. The predicted octanol–water partition coefficient (Wildman–Crippen LogP) is 1.46. The zero-order valence-corrected chi connectivity index (χ0v) is 6.39. The van der Waals surface area contributed by atoms with Gasteiger partial charge in [-0.25, -0.2) is 0 Å². The zero-order valence-electron chi connectivity index (χ0n) is 5.57. The maximum Gasteiger partial charge on any atom is 0.216 e. The van der Waals surface area contributed by atoms with Crippen molar-refractivity contribution in [3.05, 3.63) is 40.7 Å². The Hall–Kier alpha value is -1.22. The molecule has 0 aliphatic carbocycles. The van der Waals surface area contributed by atoms with Crippen molar-refractivity contribution in [2.24, 2.45) is 0 Å². The van der Waals surface area contributed by atoms with Crippen LogP contribution in [0.4, 0.5) is 0 Å². The third-order valence-corrected chi connectivity index (χ3v) is 2.16. The summed E-state index contributed by atoms with van der Waals surface area (Å²) in [6.07, 6.45) is 2.39. The van der Waals surface area contributed by atoms with Crippen molar-refractivity contribution in [3.63, 3.8) is 0 Å². The molecule has 0 fully saturated rings. The molecule has 0 saturated heterocycles. The monoisotopic (exact) mass is 162 g/mol. The van der Waals surface area contributed by atoms with E-state index in [1.165, 1.54) is 11.5 Å². The van der Waals surface area contributed by atoms with Gasteiger partial charge in [0.05, 0.1) is 4.70 Å². The van der Waals surface area contributed by atoms with E-state index < -0.39 is 0 Å². The van der Waals surface area contributed by atoms with Crippen LogP contribution >= 0.6 is 11.5 Å². The highest BCUT2D eigenvalue weighted by atomic mass is 32.1. The lowest BCUT2D eigenvalue weighted by Gasteiger charge is -1.89. The van der Waals surface area contributed by atoms with Gasteiger partial charge in [0.15, 0.2) is 6.20 Å². The standard InChI is InChI=1S/C8H4NOS/c10-7-5-9-11-8-4-2-1-3-6(7)8/h1-4H. The summed E-state index contributed by atoms with van der Waals surface area (Å²) >= 11 is 1.29. The van der Waals surface area contributed by atoms with Crippen molar-refractivity contribution in [1.29, 1.82) is 0 Å². The predicted molar refractivity (Wildman–Crippen MR) is 44.7 cm³/mol. The molecule has 0 aliphatic rings. The second-order valence-electron chi connectivity index (χ2n) is 2.12. The van der Waals surface area contributed by atoms with E-state index in [-0.39, 0.29) is 5.43 Å². The van der Waals surface area contributed by atoms with Crippen molar-refractivity contribution >= 4 is 21.6 Å². The second kappa shape index (κ2) is 2.43. The van der Waals surface area contributed by atoms with Gasteiger partial charge in [0.25, 0.3) is 0 Å². The molecule has 53 valence electrons. The lowest BCUT2D eigenvalue weighted by Crippen LogP contribution is -1.98. The first-order valence-electron chi connectivity index (χ1n) is 3.14. The van der Waals surface area contributed by atoms with E-state index in [9.17, 15) is 4.79 Å². The van der Waals surface area contributed by atoms with Gasteiger partial charge in [-0.05, 0) is 23.7 Å². The van der Waals surface area contributed by atoms with Gasteiger partial charge >= 0.3 is 0 Å². The van der Waals surface area contributed by atoms with E-state index in [1.807, 2.05) is 18.2 Å². The number of hydrogen-bond acceptors (Lipinski definition) is 3. The average molecular weight is 162 g/mol. The molecule has 0 unspecified atom stereocenters. The molecule has 2 rings (SSSR count).